The van der Waals surface area contributed by atoms with Crippen LogP contribution in [0.3, 0.4) is 0 Å². The number of benzene rings is 4. The van der Waals surface area contributed by atoms with Gasteiger partial charge >= 0.3 is 12.1 Å². The molecule has 0 radical (unpaired) electrons. The molecule has 6 aromatic rings. The summed E-state index contributed by atoms with van der Waals surface area (Å²) in [6.45, 7) is 0. The van der Waals surface area contributed by atoms with Crippen molar-refractivity contribution in [1.82, 2.24) is 8.96 Å². The number of hydrogen-bond acceptors (Lipinski definition) is 5. The van der Waals surface area contributed by atoms with Crippen molar-refractivity contribution in [3.63, 3.8) is 0 Å². The zero-order valence-electron chi connectivity index (χ0n) is 24.1. The van der Waals surface area contributed by atoms with E-state index in [1.54, 1.807) is 24.3 Å². The second-order valence-corrected chi connectivity index (χ2v) is 12.1. The first-order chi connectivity index (χ1) is 22.9. The first kappa shape index (κ1) is 32.3. The highest BCUT2D eigenvalue weighted by atomic mass is 35.5. The van der Waals surface area contributed by atoms with E-state index in [2.05, 4.69) is 17.1 Å². The van der Waals surface area contributed by atoms with Crippen molar-refractivity contribution in [2.75, 3.05) is 0 Å². The average Bonchev–Trinajstić information content (AvgIpc) is 3.40. The molecule has 6 rings (SSSR count). The highest BCUT2D eigenvalue weighted by molar-refractivity contribution is 7.90. The SMILES string of the molecule is N#Cc1cccc(C#N)c1-c1c(-c2cccc(-c3ccc(C(=O)O)cc3Cl)c2)n([S+]([O-])c2ccc(C(F)(F)F)nc2)c2ccc(F)cc12. The summed E-state index contributed by atoms with van der Waals surface area (Å²) >= 11 is 4.18. The lowest BCUT2D eigenvalue weighted by Crippen LogP contribution is -2.16. The van der Waals surface area contributed by atoms with Crippen LogP contribution in [0.2, 0.25) is 5.02 Å². The molecule has 13 heteroatoms. The molecule has 0 aliphatic carbocycles. The molecule has 2 aromatic heterocycles. The second kappa shape index (κ2) is 12.5. The molecule has 2 heterocycles. The van der Waals surface area contributed by atoms with E-state index in [4.69, 9.17) is 11.6 Å². The van der Waals surface area contributed by atoms with Gasteiger partial charge in [0.15, 0.2) is 4.90 Å². The smallest absolute Gasteiger partial charge is 0.433 e. The summed E-state index contributed by atoms with van der Waals surface area (Å²) in [6, 6.07) is 24.7. The Hall–Kier alpha value is -5.66. The maximum absolute atomic E-state index is 15.0. The third kappa shape index (κ3) is 5.73. The van der Waals surface area contributed by atoms with E-state index in [1.165, 1.54) is 46.4 Å². The van der Waals surface area contributed by atoms with Crippen molar-refractivity contribution in [2.45, 2.75) is 11.1 Å². The topological polar surface area (TPSA) is 126 Å². The van der Waals surface area contributed by atoms with Gasteiger partial charge in [0.25, 0.3) is 0 Å². The fourth-order valence-electron chi connectivity index (χ4n) is 5.40. The number of carbonyl (C=O) groups is 1. The molecule has 4 aromatic carbocycles. The summed E-state index contributed by atoms with van der Waals surface area (Å²) in [5, 5.41) is 29.9. The van der Waals surface area contributed by atoms with Gasteiger partial charge in [-0.05, 0) is 66.2 Å². The minimum atomic E-state index is -4.74. The number of halogens is 5. The van der Waals surface area contributed by atoms with Crippen molar-refractivity contribution in [3.8, 4) is 45.6 Å². The predicted molar refractivity (Wildman–Crippen MR) is 171 cm³/mol. The van der Waals surface area contributed by atoms with Crippen molar-refractivity contribution in [2.24, 2.45) is 0 Å². The molecule has 1 N–H and O–H groups in total. The molecule has 0 bridgehead atoms. The Morgan fingerprint density at radius 3 is 2.19 bits per heavy atom. The Bertz CT molecular complexity index is 2310. The van der Waals surface area contributed by atoms with Crippen molar-refractivity contribution in [1.29, 1.82) is 10.5 Å². The number of rotatable bonds is 6. The van der Waals surface area contributed by atoms with Crippen molar-refractivity contribution >= 4 is 39.8 Å². The molecule has 236 valence electrons. The van der Waals surface area contributed by atoms with Crippen molar-refractivity contribution in [3.05, 3.63) is 130 Å². The monoisotopic (exact) mass is 684 g/mol. The maximum atomic E-state index is 15.0. The summed E-state index contributed by atoms with van der Waals surface area (Å²) in [6.07, 6.45) is -3.91. The molecule has 48 heavy (non-hydrogen) atoms. The van der Waals surface area contributed by atoms with Crippen LogP contribution < -0.4 is 0 Å². The zero-order valence-corrected chi connectivity index (χ0v) is 25.7. The molecular formula is C35H17ClF4N4O3S. The van der Waals surface area contributed by atoms with Crippen molar-refractivity contribution < 1.29 is 32.0 Å². The highest BCUT2D eigenvalue weighted by Crippen LogP contribution is 2.46. The number of nitrogens with zero attached hydrogens (tertiary/aromatic N) is 4. The van der Waals surface area contributed by atoms with Gasteiger partial charge in [-0.15, -0.1) is 0 Å². The minimum Gasteiger partial charge on any atom is -0.587 e. The van der Waals surface area contributed by atoms with Gasteiger partial charge in [-0.2, -0.15) is 27.7 Å². The standard InChI is InChI=1S/C35H17ClF4N4O3S/c36-28-14-21(34(45)46)7-10-26(28)19-3-1-4-20(13-19)33-32(31-22(16-41)5-2-6-23(31)17-42)27-15-24(37)8-11-29(27)44(33)48(47)25-9-12-30(43-18-25)35(38,39)40/h1-15,18H,(H,45,46). The van der Waals surface area contributed by atoms with Gasteiger partial charge in [-0.3, -0.25) is 0 Å². The van der Waals surface area contributed by atoms with Crippen LogP contribution in [0.1, 0.15) is 27.2 Å². The van der Waals surface area contributed by atoms with Crippen LogP contribution in [-0.2, 0) is 17.5 Å². The molecule has 1 unspecified atom stereocenters. The van der Waals surface area contributed by atoms with Gasteiger partial charge in [0.05, 0.1) is 40.5 Å². The molecule has 0 fully saturated rings. The largest absolute Gasteiger partial charge is 0.587 e. The molecule has 0 saturated carbocycles. The molecule has 7 nitrogen and oxygen atoms in total. The number of alkyl halides is 3. The molecule has 1 atom stereocenters. The molecule has 0 aliphatic heterocycles. The number of pyridine rings is 1. The number of nitriles is 2. The maximum Gasteiger partial charge on any atom is 0.433 e. The molecular weight excluding hydrogens is 668 g/mol. The van der Waals surface area contributed by atoms with Crippen LogP contribution in [0.4, 0.5) is 17.6 Å². The van der Waals surface area contributed by atoms with Gasteiger partial charge in [-0.25, -0.2) is 14.2 Å². The van der Waals surface area contributed by atoms with Gasteiger partial charge < -0.3 is 9.66 Å². The number of carboxylic acid groups (broad SMARTS) is 1. The number of fused-ring (bicyclic) bond motifs is 1. The quantitative estimate of drug-likeness (QED) is 0.138. The molecule has 0 aliphatic rings. The van der Waals surface area contributed by atoms with Crippen LogP contribution >= 0.6 is 11.6 Å². The van der Waals surface area contributed by atoms with Crippen LogP contribution in [0.25, 0.3) is 44.4 Å². The zero-order chi connectivity index (χ0) is 34.3. The number of hydrogen-bond donors (Lipinski definition) is 1. The van der Waals surface area contributed by atoms with Crippen LogP contribution in [0.15, 0.2) is 102 Å². The lowest BCUT2D eigenvalue weighted by molar-refractivity contribution is -0.141. The van der Waals surface area contributed by atoms with E-state index >= 15 is 0 Å². The summed E-state index contributed by atoms with van der Waals surface area (Å²) in [5.41, 5.74) is 0.820. The Balaban J connectivity index is 1.71. The molecule has 0 saturated heterocycles. The van der Waals surface area contributed by atoms with E-state index in [1.807, 2.05) is 0 Å². The number of aromatic carboxylic acids is 1. The third-order valence-electron chi connectivity index (χ3n) is 7.50. The molecule has 0 spiro atoms. The predicted octanol–water partition coefficient (Wildman–Crippen LogP) is 8.86. The fraction of sp³-hybridized carbons (Fsp3) is 0.0286. The van der Waals surface area contributed by atoms with Gasteiger partial charge in [0, 0.05) is 32.7 Å². The first-order valence-electron chi connectivity index (χ1n) is 13.8. The summed E-state index contributed by atoms with van der Waals surface area (Å²) in [4.78, 5) is 14.8. The lowest BCUT2D eigenvalue weighted by Gasteiger charge is -2.17. The van der Waals surface area contributed by atoms with Crippen LogP contribution in [-0.4, -0.2) is 24.6 Å². The first-order valence-corrected chi connectivity index (χ1v) is 15.3. The second-order valence-electron chi connectivity index (χ2n) is 10.3. The van der Waals surface area contributed by atoms with E-state index in [9.17, 15) is 42.5 Å². The Morgan fingerprint density at radius 2 is 1.58 bits per heavy atom. The summed E-state index contributed by atoms with van der Waals surface area (Å²) < 4.78 is 70.6. The Kier molecular flexibility index (Phi) is 8.41. The van der Waals surface area contributed by atoms with E-state index in [-0.39, 0.29) is 54.3 Å². The summed E-state index contributed by atoms with van der Waals surface area (Å²) in [7, 11) is 0. The van der Waals surface area contributed by atoms with Gasteiger partial charge in [-0.1, -0.05) is 41.9 Å². The Labute approximate surface area is 277 Å². The molecule has 0 amide bonds. The average molecular weight is 685 g/mol. The fourth-order valence-corrected chi connectivity index (χ4v) is 6.93. The van der Waals surface area contributed by atoms with E-state index in [0.29, 0.717) is 22.8 Å². The van der Waals surface area contributed by atoms with Gasteiger partial charge in [0.2, 0.25) is 0 Å². The Morgan fingerprint density at radius 1 is 0.896 bits per heavy atom. The highest BCUT2D eigenvalue weighted by Gasteiger charge is 2.34. The third-order valence-corrected chi connectivity index (χ3v) is 9.17. The summed E-state index contributed by atoms with van der Waals surface area (Å²) in [5.74, 6) is -1.86. The number of aromatic nitrogens is 2. The lowest BCUT2D eigenvalue weighted by atomic mass is 9.90. The van der Waals surface area contributed by atoms with Crippen LogP contribution in [0.5, 0.6) is 0 Å². The van der Waals surface area contributed by atoms with E-state index in [0.717, 1.165) is 24.4 Å². The number of carboxylic acids is 1. The van der Waals surface area contributed by atoms with Gasteiger partial charge in [0.1, 0.15) is 28.6 Å². The normalized spacial score (nSPS) is 12.0. The van der Waals surface area contributed by atoms with E-state index < -0.39 is 35.0 Å². The van der Waals surface area contributed by atoms with Crippen LogP contribution in [0, 0.1) is 28.5 Å². The minimum absolute atomic E-state index is 0.0398.